The van der Waals surface area contributed by atoms with E-state index < -0.39 is 47.1 Å². The van der Waals surface area contributed by atoms with Gasteiger partial charge in [0.15, 0.2) is 0 Å². The molecule has 0 fully saturated rings. The van der Waals surface area contributed by atoms with E-state index in [1.54, 1.807) is 36.0 Å². The summed E-state index contributed by atoms with van der Waals surface area (Å²) in [6, 6.07) is 12.7. The lowest BCUT2D eigenvalue weighted by Crippen LogP contribution is -2.36. The van der Waals surface area contributed by atoms with Crippen LogP contribution in [0.2, 0.25) is 0 Å². The number of rotatable bonds is 5. The molecular formula is C29H20F6N2O3S. The molecule has 0 saturated heterocycles. The van der Waals surface area contributed by atoms with Crippen LogP contribution in [0, 0.1) is 0 Å². The van der Waals surface area contributed by atoms with Crippen LogP contribution in [-0.2, 0) is 25.4 Å². The van der Waals surface area contributed by atoms with E-state index >= 15 is 0 Å². The van der Waals surface area contributed by atoms with Crippen molar-refractivity contribution in [1.29, 1.82) is 0 Å². The second-order valence-electron chi connectivity index (χ2n) is 9.52. The van der Waals surface area contributed by atoms with Gasteiger partial charge >= 0.3 is 12.4 Å². The van der Waals surface area contributed by atoms with Gasteiger partial charge in [-0.3, -0.25) is 14.4 Å². The third-order valence-electron chi connectivity index (χ3n) is 6.78. The fourth-order valence-electron chi connectivity index (χ4n) is 4.93. The maximum absolute atomic E-state index is 13.9. The Morgan fingerprint density at radius 2 is 1.61 bits per heavy atom. The first-order valence-electron chi connectivity index (χ1n) is 12.2. The van der Waals surface area contributed by atoms with Crippen LogP contribution in [0.3, 0.4) is 0 Å². The van der Waals surface area contributed by atoms with Crippen LogP contribution in [-0.4, -0.2) is 34.5 Å². The number of pyridine rings is 1. The number of carbonyl (C=O) groups excluding carboxylic acids is 2. The number of aromatic nitrogens is 1. The van der Waals surface area contributed by atoms with Crippen molar-refractivity contribution >= 4 is 34.9 Å². The Labute approximate surface area is 233 Å². The molecule has 0 radical (unpaired) electrons. The zero-order valence-electron chi connectivity index (χ0n) is 21.3. The number of aryl methyl sites for hydroxylation is 1. The van der Waals surface area contributed by atoms with E-state index in [0.29, 0.717) is 52.7 Å². The van der Waals surface area contributed by atoms with Crippen LogP contribution < -0.4 is 5.56 Å². The van der Waals surface area contributed by atoms with E-state index in [0.717, 1.165) is 9.80 Å². The number of aldehydes is 1. The molecule has 0 saturated carbocycles. The van der Waals surface area contributed by atoms with E-state index in [-0.39, 0.29) is 17.2 Å². The number of halogens is 6. The minimum Gasteiger partial charge on any atom is -0.337 e. The lowest BCUT2D eigenvalue weighted by molar-refractivity contribution is -0.143. The molecular weight excluding hydrogens is 570 g/mol. The van der Waals surface area contributed by atoms with Gasteiger partial charge in [0, 0.05) is 47.3 Å². The summed E-state index contributed by atoms with van der Waals surface area (Å²) >= 11 is 1.54. The number of nitrogens with zero attached hydrogens (tertiary/aromatic N) is 2. The first-order chi connectivity index (χ1) is 19.3. The summed E-state index contributed by atoms with van der Waals surface area (Å²) in [5, 5.41) is 0.573. The molecule has 1 aliphatic rings. The Morgan fingerprint density at radius 1 is 0.976 bits per heavy atom. The number of alkyl halides is 6. The molecule has 0 unspecified atom stereocenters. The highest BCUT2D eigenvalue weighted by Gasteiger charge is 2.37. The second kappa shape index (κ2) is 10.4. The third-order valence-corrected chi connectivity index (χ3v) is 7.81. The summed E-state index contributed by atoms with van der Waals surface area (Å²) in [6.45, 7) is -0.323. The number of benzene rings is 3. The lowest BCUT2D eigenvalue weighted by atomic mass is 9.94. The molecule has 41 heavy (non-hydrogen) atoms. The average Bonchev–Trinajstić information content (AvgIpc) is 2.93. The normalized spacial score (nSPS) is 13.3. The third kappa shape index (κ3) is 5.35. The van der Waals surface area contributed by atoms with Gasteiger partial charge in [0.25, 0.3) is 11.5 Å². The molecule has 3 aromatic carbocycles. The molecule has 12 heteroatoms. The molecule has 0 aliphatic carbocycles. The zero-order chi connectivity index (χ0) is 29.7. The molecule has 0 N–H and O–H groups in total. The Kier molecular flexibility index (Phi) is 7.22. The van der Waals surface area contributed by atoms with E-state index in [1.165, 1.54) is 23.7 Å². The minimum absolute atomic E-state index is 0.0164. The van der Waals surface area contributed by atoms with Gasteiger partial charge in [-0.05, 0) is 35.4 Å². The molecule has 0 spiro atoms. The Balaban J connectivity index is 1.67. The predicted octanol–water partition coefficient (Wildman–Crippen LogP) is 6.90. The molecule has 5 nitrogen and oxygen atoms in total. The summed E-state index contributed by atoms with van der Waals surface area (Å²) in [7, 11) is 1.21. The fraction of sp³-hybridized carbons (Fsp3) is 0.207. The molecule has 4 aromatic rings. The highest BCUT2D eigenvalue weighted by Crippen LogP contribution is 2.39. The Hall–Kier alpha value is -4.06. The van der Waals surface area contributed by atoms with Crippen molar-refractivity contribution in [3.63, 3.8) is 0 Å². The molecule has 2 heterocycles. The lowest BCUT2D eigenvalue weighted by Gasteiger charge is -2.25. The standard InChI is InChI=1S/C29H20F6N2O3S/c1-36(14-17-11-19(28(30,31)32)13-20(12-17)29(33,34)35)26(39)24-23(18-7-5-16(15-38)6-8-18)21-3-2-4-22-25(21)37(27(24)40)9-10-41-22/h2-8,11-13,15H,9-10,14H2,1H3. The summed E-state index contributed by atoms with van der Waals surface area (Å²) in [6.07, 6.45) is -9.46. The first kappa shape index (κ1) is 28.5. The van der Waals surface area contributed by atoms with Crippen molar-refractivity contribution in [2.45, 2.75) is 30.3 Å². The maximum Gasteiger partial charge on any atom is 0.416 e. The summed E-state index contributed by atoms with van der Waals surface area (Å²) in [5.41, 5.74) is -2.61. The van der Waals surface area contributed by atoms with Crippen LogP contribution in [0.25, 0.3) is 22.0 Å². The summed E-state index contributed by atoms with van der Waals surface area (Å²) in [4.78, 5) is 40.7. The largest absolute Gasteiger partial charge is 0.416 e. The van der Waals surface area contributed by atoms with Gasteiger partial charge in [-0.2, -0.15) is 26.3 Å². The van der Waals surface area contributed by atoms with Crippen LogP contribution in [0.4, 0.5) is 26.3 Å². The number of thioether (sulfide) groups is 1. The molecule has 1 amide bonds. The van der Waals surface area contributed by atoms with Crippen molar-refractivity contribution in [3.05, 3.63) is 98.8 Å². The molecule has 0 atom stereocenters. The molecule has 1 aromatic heterocycles. The van der Waals surface area contributed by atoms with Crippen LogP contribution >= 0.6 is 11.8 Å². The average molecular weight is 591 g/mol. The quantitative estimate of drug-likeness (QED) is 0.188. The Morgan fingerprint density at radius 3 is 2.20 bits per heavy atom. The molecule has 212 valence electrons. The number of amides is 1. The predicted molar refractivity (Wildman–Crippen MR) is 142 cm³/mol. The highest BCUT2D eigenvalue weighted by atomic mass is 32.2. The molecule has 5 rings (SSSR count). The van der Waals surface area contributed by atoms with Gasteiger partial charge in [0.2, 0.25) is 0 Å². The second-order valence-corrected chi connectivity index (χ2v) is 10.7. The number of para-hydroxylation sites is 1. The van der Waals surface area contributed by atoms with E-state index in [4.69, 9.17) is 0 Å². The van der Waals surface area contributed by atoms with Crippen LogP contribution in [0.1, 0.15) is 37.4 Å². The topological polar surface area (TPSA) is 59.4 Å². The maximum atomic E-state index is 13.9. The van der Waals surface area contributed by atoms with Gasteiger partial charge in [-0.15, -0.1) is 11.8 Å². The molecule has 1 aliphatic heterocycles. The highest BCUT2D eigenvalue weighted by molar-refractivity contribution is 7.99. The fourth-order valence-corrected chi connectivity index (χ4v) is 5.96. The SMILES string of the molecule is CN(Cc1cc(C(F)(F)F)cc(C(F)(F)F)c1)C(=O)c1c(-c2ccc(C=O)cc2)c2cccc3c2n(c1=O)CCS3. The number of hydrogen-bond acceptors (Lipinski definition) is 4. The first-order valence-corrected chi connectivity index (χ1v) is 13.2. The smallest absolute Gasteiger partial charge is 0.337 e. The van der Waals surface area contributed by atoms with Gasteiger partial charge in [0.05, 0.1) is 16.6 Å². The van der Waals surface area contributed by atoms with Crippen molar-refractivity contribution in [2.75, 3.05) is 12.8 Å². The van der Waals surface area contributed by atoms with Gasteiger partial charge in [-0.1, -0.05) is 36.4 Å². The van der Waals surface area contributed by atoms with Gasteiger partial charge in [-0.25, -0.2) is 0 Å². The summed E-state index contributed by atoms with van der Waals surface area (Å²) in [5.74, 6) is -0.308. The van der Waals surface area contributed by atoms with E-state index in [2.05, 4.69) is 0 Å². The minimum atomic E-state index is -5.05. The van der Waals surface area contributed by atoms with Crippen molar-refractivity contribution in [2.24, 2.45) is 0 Å². The Bertz CT molecular complexity index is 1710. The van der Waals surface area contributed by atoms with Crippen molar-refractivity contribution < 1.29 is 35.9 Å². The monoisotopic (exact) mass is 590 g/mol. The van der Waals surface area contributed by atoms with E-state index in [1.807, 2.05) is 6.07 Å². The summed E-state index contributed by atoms with van der Waals surface area (Å²) < 4.78 is 81.9. The van der Waals surface area contributed by atoms with Gasteiger partial charge < -0.3 is 9.47 Å². The van der Waals surface area contributed by atoms with Crippen LogP contribution in [0.15, 0.2) is 70.4 Å². The van der Waals surface area contributed by atoms with Crippen LogP contribution in [0.5, 0.6) is 0 Å². The van der Waals surface area contributed by atoms with E-state index in [9.17, 15) is 40.7 Å². The molecule has 0 bridgehead atoms. The zero-order valence-corrected chi connectivity index (χ0v) is 22.1. The number of carbonyl (C=O) groups is 2. The van der Waals surface area contributed by atoms with Crippen molar-refractivity contribution in [3.8, 4) is 11.1 Å². The number of hydrogen-bond donors (Lipinski definition) is 0. The van der Waals surface area contributed by atoms with Gasteiger partial charge in [0.1, 0.15) is 11.8 Å². The van der Waals surface area contributed by atoms with Crippen molar-refractivity contribution in [1.82, 2.24) is 9.47 Å².